The van der Waals surface area contributed by atoms with Gasteiger partial charge in [-0.05, 0) is 20.5 Å². The Kier molecular flexibility index (Phi) is 9.96. The summed E-state index contributed by atoms with van der Waals surface area (Å²) < 4.78 is 0. The number of aliphatic carboxylic acids is 2. The van der Waals surface area contributed by atoms with Crippen molar-refractivity contribution in [2.75, 3.05) is 14.1 Å². The van der Waals surface area contributed by atoms with Crippen LogP contribution in [-0.2, 0) is 20.8 Å². The molecule has 10 nitrogen and oxygen atoms in total. The van der Waals surface area contributed by atoms with Gasteiger partial charge in [-0.15, -0.1) is 0 Å². The SMILES string of the molecule is CN[C@@H](CCC(N)=O)C(=O)O.CN[C@@H](Cc1c[nH]cn1)C(=O)O. The predicted molar refractivity (Wildman–Crippen MR) is 81.7 cm³/mol. The molecule has 1 amide bonds. The molecule has 0 aliphatic heterocycles. The summed E-state index contributed by atoms with van der Waals surface area (Å²) in [5.74, 6) is -2.30. The highest BCUT2D eigenvalue weighted by molar-refractivity contribution is 5.77. The van der Waals surface area contributed by atoms with Gasteiger partial charge in [0.05, 0.1) is 12.0 Å². The Morgan fingerprint density at radius 1 is 1.22 bits per heavy atom. The van der Waals surface area contributed by atoms with E-state index in [1.54, 1.807) is 13.2 Å². The van der Waals surface area contributed by atoms with Crippen molar-refractivity contribution in [1.29, 1.82) is 0 Å². The van der Waals surface area contributed by atoms with E-state index < -0.39 is 29.9 Å². The van der Waals surface area contributed by atoms with Crippen LogP contribution >= 0.6 is 0 Å². The second-order valence-electron chi connectivity index (χ2n) is 4.63. The second kappa shape index (κ2) is 11.2. The molecule has 1 heterocycles. The number of aromatic amines is 1. The first-order valence-electron chi connectivity index (χ1n) is 6.87. The lowest BCUT2D eigenvalue weighted by molar-refractivity contribution is -0.140. The molecule has 0 radical (unpaired) electrons. The minimum atomic E-state index is -0.964. The number of carbonyl (C=O) groups is 3. The maximum atomic E-state index is 10.6. The summed E-state index contributed by atoms with van der Waals surface area (Å²) >= 11 is 0. The molecule has 0 bridgehead atoms. The third-order valence-electron chi connectivity index (χ3n) is 2.94. The first-order chi connectivity index (χ1) is 10.8. The van der Waals surface area contributed by atoms with Crippen molar-refractivity contribution in [1.82, 2.24) is 20.6 Å². The van der Waals surface area contributed by atoms with Crippen LogP contribution in [0.15, 0.2) is 12.5 Å². The predicted octanol–water partition coefficient (Wildman–Crippen LogP) is -1.45. The lowest BCUT2D eigenvalue weighted by atomic mass is 10.1. The van der Waals surface area contributed by atoms with Crippen LogP contribution in [-0.4, -0.2) is 64.2 Å². The lowest BCUT2D eigenvalue weighted by Gasteiger charge is -2.08. The average molecular weight is 329 g/mol. The quantitative estimate of drug-likeness (QED) is 0.319. The molecule has 0 unspecified atom stereocenters. The highest BCUT2D eigenvalue weighted by Crippen LogP contribution is 1.97. The van der Waals surface area contributed by atoms with Crippen molar-refractivity contribution in [2.45, 2.75) is 31.3 Å². The van der Waals surface area contributed by atoms with Crippen molar-refractivity contribution < 1.29 is 24.6 Å². The minimum absolute atomic E-state index is 0.0950. The van der Waals surface area contributed by atoms with E-state index in [2.05, 4.69) is 20.6 Å². The van der Waals surface area contributed by atoms with Crippen molar-refractivity contribution in [3.05, 3.63) is 18.2 Å². The van der Waals surface area contributed by atoms with Crippen LogP contribution < -0.4 is 16.4 Å². The average Bonchev–Trinajstić information content (AvgIpc) is 2.98. The molecule has 2 atom stereocenters. The molecule has 0 saturated carbocycles. The highest BCUT2D eigenvalue weighted by atomic mass is 16.4. The summed E-state index contributed by atoms with van der Waals surface area (Å²) in [6.07, 6.45) is 3.95. The van der Waals surface area contributed by atoms with Gasteiger partial charge >= 0.3 is 11.9 Å². The van der Waals surface area contributed by atoms with Gasteiger partial charge in [0.25, 0.3) is 0 Å². The van der Waals surface area contributed by atoms with Crippen molar-refractivity contribution in [3.8, 4) is 0 Å². The number of carboxylic acids is 2. The van der Waals surface area contributed by atoms with E-state index in [0.717, 1.165) is 5.69 Å². The lowest BCUT2D eigenvalue weighted by Crippen LogP contribution is -2.35. The molecule has 0 spiro atoms. The van der Waals surface area contributed by atoms with E-state index in [1.165, 1.54) is 13.4 Å². The van der Waals surface area contributed by atoms with Crippen molar-refractivity contribution in [2.24, 2.45) is 5.73 Å². The number of aromatic nitrogens is 2. The maximum Gasteiger partial charge on any atom is 0.321 e. The number of hydrogen-bond donors (Lipinski definition) is 6. The number of carboxylic acid groups (broad SMARTS) is 2. The fraction of sp³-hybridized carbons (Fsp3) is 0.538. The Hall–Kier alpha value is -2.46. The molecule has 0 aliphatic carbocycles. The monoisotopic (exact) mass is 329 g/mol. The van der Waals surface area contributed by atoms with Gasteiger partial charge in [0.15, 0.2) is 0 Å². The van der Waals surface area contributed by atoms with Crippen LogP contribution in [0, 0.1) is 0 Å². The first-order valence-corrected chi connectivity index (χ1v) is 6.87. The molecule has 0 fully saturated rings. The highest BCUT2D eigenvalue weighted by Gasteiger charge is 2.16. The summed E-state index contributed by atoms with van der Waals surface area (Å²) in [6, 6.07) is -1.24. The second-order valence-corrected chi connectivity index (χ2v) is 4.63. The van der Waals surface area contributed by atoms with Gasteiger partial charge in [0, 0.05) is 19.0 Å². The largest absolute Gasteiger partial charge is 0.480 e. The Morgan fingerprint density at radius 2 is 1.78 bits per heavy atom. The van der Waals surface area contributed by atoms with Gasteiger partial charge in [-0.1, -0.05) is 0 Å². The molecule has 10 heteroatoms. The Balaban J connectivity index is 0.000000423. The van der Waals surface area contributed by atoms with E-state index in [1.807, 2.05) is 0 Å². The summed E-state index contributed by atoms with van der Waals surface area (Å²) in [7, 11) is 3.14. The molecule has 1 aromatic heterocycles. The third kappa shape index (κ3) is 9.22. The van der Waals surface area contributed by atoms with Gasteiger partial charge in [-0.3, -0.25) is 14.4 Å². The number of rotatable bonds is 9. The van der Waals surface area contributed by atoms with E-state index >= 15 is 0 Å². The van der Waals surface area contributed by atoms with E-state index in [4.69, 9.17) is 15.9 Å². The number of carbonyl (C=O) groups excluding carboxylic acids is 1. The summed E-state index contributed by atoms with van der Waals surface area (Å²) in [4.78, 5) is 37.8. The minimum Gasteiger partial charge on any atom is -0.480 e. The molecular weight excluding hydrogens is 306 g/mol. The number of primary amides is 1. The molecular formula is C13H23N5O5. The Morgan fingerprint density at radius 3 is 2.13 bits per heavy atom. The molecule has 0 aliphatic rings. The van der Waals surface area contributed by atoms with Crippen LogP contribution in [0.2, 0.25) is 0 Å². The molecule has 23 heavy (non-hydrogen) atoms. The number of likely N-dealkylation sites (N-methyl/N-ethyl adjacent to an activating group) is 2. The van der Waals surface area contributed by atoms with Gasteiger partial charge in [-0.2, -0.15) is 0 Å². The number of hydrogen-bond acceptors (Lipinski definition) is 6. The Labute approximate surface area is 133 Å². The number of imidazole rings is 1. The first kappa shape index (κ1) is 20.5. The van der Waals surface area contributed by atoms with E-state index in [9.17, 15) is 14.4 Å². The van der Waals surface area contributed by atoms with Gasteiger partial charge in [-0.25, -0.2) is 4.98 Å². The van der Waals surface area contributed by atoms with Crippen molar-refractivity contribution >= 4 is 17.8 Å². The zero-order valence-electron chi connectivity index (χ0n) is 13.1. The zero-order chi connectivity index (χ0) is 17.8. The smallest absolute Gasteiger partial charge is 0.321 e. The number of nitrogens with two attached hydrogens (primary N) is 1. The van der Waals surface area contributed by atoms with E-state index in [-0.39, 0.29) is 12.8 Å². The van der Waals surface area contributed by atoms with Crippen LogP contribution in [0.1, 0.15) is 18.5 Å². The number of H-pyrrole nitrogens is 1. The standard InChI is InChI=1S/C7H11N3O2.C6H12N2O3/c1-8-6(7(11)12)2-5-3-9-4-10-5;1-8-4(6(10)11)2-3-5(7)9/h3-4,6,8H,2H2,1H3,(H,9,10)(H,11,12);4,8H,2-3H2,1H3,(H2,7,9)(H,10,11)/t6-;4-/m00/s1. The molecule has 130 valence electrons. The fourth-order valence-corrected chi connectivity index (χ4v) is 1.60. The zero-order valence-corrected chi connectivity index (χ0v) is 13.1. The summed E-state index contributed by atoms with van der Waals surface area (Å²) in [6.45, 7) is 0. The molecule has 0 saturated heterocycles. The Bertz CT molecular complexity index is 491. The number of nitrogens with zero attached hydrogens (tertiary/aromatic N) is 1. The number of amides is 1. The summed E-state index contributed by atoms with van der Waals surface area (Å²) in [5, 5.41) is 22.4. The van der Waals surface area contributed by atoms with Gasteiger partial charge in [0.1, 0.15) is 12.1 Å². The van der Waals surface area contributed by atoms with Gasteiger partial charge < -0.3 is 31.6 Å². The van der Waals surface area contributed by atoms with Crippen LogP contribution in [0.4, 0.5) is 0 Å². The molecule has 1 rings (SSSR count). The van der Waals surface area contributed by atoms with Crippen LogP contribution in [0.3, 0.4) is 0 Å². The topological polar surface area (TPSA) is 170 Å². The van der Waals surface area contributed by atoms with Crippen LogP contribution in [0.25, 0.3) is 0 Å². The number of nitrogens with one attached hydrogen (secondary N) is 3. The molecule has 7 N–H and O–H groups in total. The fourth-order valence-electron chi connectivity index (χ4n) is 1.60. The summed E-state index contributed by atoms with van der Waals surface area (Å²) in [5.41, 5.74) is 5.58. The maximum absolute atomic E-state index is 10.6. The van der Waals surface area contributed by atoms with Crippen LogP contribution in [0.5, 0.6) is 0 Å². The van der Waals surface area contributed by atoms with Gasteiger partial charge in [0.2, 0.25) is 5.91 Å². The van der Waals surface area contributed by atoms with E-state index in [0.29, 0.717) is 6.42 Å². The third-order valence-corrected chi connectivity index (χ3v) is 2.94. The normalized spacial score (nSPS) is 12.6. The molecule has 1 aromatic rings. The molecule has 0 aromatic carbocycles. The van der Waals surface area contributed by atoms with Crippen molar-refractivity contribution in [3.63, 3.8) is 0 Å².